The molecule has 2 heterocycles. The number of amides is 1. The van der Waals surface area contributed by atoms with E-state index in [2.05, 4.69) is 10.3 Å². The van der Waals surface area contributed by atoms with Crippen molar-refractivity contribution in [3.05, 3.63) is 71.0 Å². The first kappa shape index (κ1) is 18.2. The van der Waals surface area contributed by atoms with Crippen LogP contribution in [0.3, 0.4) is 0 Å². The number of para-hydroxylation sites is 1. The second-order valence-electron chi connectivity index (χ2n) is 6.30. The maximum atomic E-state index is 12.9. The van der Waals surface area contributed by atoms with Crippen molar-refractivity contribution in [2.45, 2.75) is 19.2 Å². The van der Waals surface area contributed by atoms with Gasteiger partial charge in [0.1, 0.15) is 9.96 Å². The molecule has 4 nitrogen and oxygen atoms in total. The monoisotopic (exact) mass is 396 g/mol. The predicted octanol–water partition coefficient (Wildman–Crippen LogP) is 5.01. The van der Waals surface area contributed by atoms with Gasteiger partial charge in [-0.2, -0.15) is 0 Å². The van der Waals surface area contributed by atoms with Crippen LogP contribution in [0.1, 0.15) is 27.2 Å². The Labute approximate surface area is 166 Å². The van der Waals surface area contributed by atoms with Crippen molar-refractivity contribution < 1.29 is 9.21 Å². The van der Waals surface area contributed by atoms with Gasteiger partial charge in [0.2, 0.25) is 0 Å². The van der Waals surface area contributed by atoms with Crippen LogP contribution in [0.2, 0.25) is 0 Å². The van der Waals surface area contributed by atoms with E-state index >= 15 is 0 Å². The molecule has 0 spiro atoms. The van der Waals surface area contributed by atoms with Gasteiger partial charge in [0, 0.05) is 29.0 Å². The van der Waals surface area contributed by atoms with Crippen LogP contribution in [0.4, 0.5) is 0 Å². The molecule has 6 heteroatoms. The number of aliphatic imine (C=N–C) groups is 1. The molecule has 1 aliphatic rings. The summed E-state index contributed by atoms with van der Waals surface area (Å²) in [7, 11) is 0. The van der Waals surface area contributed by atoms with Crippen LogP contribution in [0.25, 0.3) is 11.0 Å². The second-order valence-corrected chi connectivity index (χ2v) is 8.61. The van der Waals surface area contributed by atoms with E-state index in [1.807, 2.05) is 55.5 Å². The number of carbonyl (C=O) groups is 1. The largest absolute Gasteiger partial charge is 0.451 e. The van der Waals surface area contributed by atoms with Crippen molar-refractivity contribution in [1.82, 2.24) is 5.32 Å². The minimum absolute atomic E-state index is 0.175. The average Bonchev–Trinajstić information content (AvgIpc) is 3.33. The van der Waals surface area contributed by atoms with Gasteiger partial charge >= 0.3 is 0 Å². The van der Waals surface area contributed by atoms with E-state index in [0.29, 0.717) is 18.1 Å². The third-order valence-corrected chi connectivity index (χ3v) is 6.78. The first-order valence-corrected chi connectivity index (χ1v) is 10.8. The highest BCUT2D eigenvalue weighted by molar-refractivity contribution is 8.38. The average molecular weight is 397 g/mol. The maximum absolute atomic E-state index is 12.9. The lowest BCUT2D eigenvalue weighted by molar-refractivity contribution is 0.0924. The van der Waals surface area contributed by atoms with E-state index in [1.165, 1.54) is 0 Å². The van der Waals surface area contributed by atoms with Gasteiger partial charge in [-0.15, -0.1) is 0 Å². The zero-order valence-corrected chi connectivity index (χ0v) is 16.7. The normalized spacial score (nSPS) is 13.7. The van der Waals surface area contributed by atoms with Crippen LogP contribution in [-0.4, -0.2) is 22.6 Å². The Morgan fingerprint density at radius 2 is 2.04 bits per heavy atom. The summed E-state index contributed by atoms with van der Waals surface area (Å²) in [6.45, 7) is 3.41. The van der Waals surface area contributed by atoms with E-state index in [9.17, 15) is 4.79 Å². The summed E-state index contributed by atoms with van der Waals surface area (Å²) < 4.78 is 7.01. The number of nitrogens with one attached hydrogen (secondary N) is 1. The highest BCUT2D eigenvalue weighted by Crippen LogP contribution is 2.32. The molecular formula is C21H20N2O2S2. The van der Waals surface area contributed by atoms with Gasteiger partial charge in [-0.3, -0.25) is 9.79 Å². The van der Waals surface area contributed by atoms with Crippen LogP contribution in [0, 0.1) is 6.92 Å². The highest BCUT2D eigenvalue weighted by atomic mass is 32.2. The first-order chi connectivity index (χ1) is 13.2. The van der Waals surface area contributed by atoms with Gasteiger partial charge in [0.15, 0.2) is 5.76 Å². The SMILES string of the molecule is Cc1ccccc1CNC(=O)c1oc2ccccc2c1CSC1=NCCS1. The van der Waals surface area contributed by atoms with E-state index in [4.69, 9.17) is 4.42 Å². The molecule has 0 saturated carbocycles. The molecule has 1 amide bonds. The predicted molar refractivity (Wildman–Crippen MR) is 115 cm³/mol. The molecule has 0 unspecified atom stereocenters. The Kier molecular flexibility index (Phi) is 5.55. The van der Waals surface area contributed by atoms with Crippen molar-refractivity contribution in [2.75, 3.05) is 12.3 Å². The quantitative estimate of drug-likeness (QED) is 0.659. The van der Waals surface area contributed by atoms with E-state index in [1.54, 1.807) is 23.5 Å². The number of furan rings is 1. The Morgan fingerprint density at radius 3 is 2.85 bits per heavy atom. The molecule has 27 heavy (non-hydrogen) atoms. The summed E-state index contributed by atoms with van der Waals surface area (Å²) >= 11 is 3.45. The summed E-state index contributed by atoms with van der Waals surface area (Å²) in [4.78, 5) is 17.4. The molecule has 3 aromatic rings. The third kappa shape index (κ3) is 4.06. The summed E-state index contributed by atoms with van der Waals surface area (Å²) in [5.74, 6) is 1.95. The lowest BCUT2D eigenvalue weighted by Crippen LogP contribution is -2.23. The number of hydrogen-bond donors (Lipinski definition) is 1. The van der Waals surface area contributed by atoms with Gasteiger partial charge in [-0.05, 0) is 24.1 Å². The van der Waals surface area contributed by atoms with Crippen molar-refractivity contribution in [1.29, 1.82) is 0 Å². The second kappa shape index (κ2) is 8.23. The number of thioether (sulfide) groups is 2. The molecule has 1 N–H and O–H groups in total. The molecule has 138 valence electrons. The van der Waals surface area contributed by atoms with Gasteiger partial charge in [-0.1, -0.05) is 66.0 Å². The molecule has 4 rings (SSSR count). The Morgan fingerprint density at radius 1 is 1.22 bits per heavy atom. The number of aryl methyl sites for hydroxylation is 1. The topological polar surface area (TPSA) is 54.6 Å². The number of rotatable bonds is 5. The van der Waals surface area contributed by atoms with Crippen molar-refractivity contribution in [3.8, 4) is 0 Å². The van der Waals surface area contributed by atoms with Crippen LogP contribution in [0.15, 0.2) is 57.9 Å². The number of hydrogen-bond acceptors (Lipinski definition) is 5. The molecule has 0 atom stereocenters. The van der Waals surface area contributed by atoms with Gasteiger partial charge in [0.25, 0.3) is 5.91 Å². The molecule has 1 aliphatic heterocycles. The van der Waals surface area contributed by atoms with Crippen molar-refractivity contribution >= 4 is 44.8 Å². The van der Waals surface area contributed by atoms with Crippen molar-refractivity contribution in [3.63, 3.8) is 0 Å². The summed E-state index contributed by atoms with van der Waals surface area (Å²) in [5, 5.41) is 4.00. The van der Waals surface area contributed by atoms with Gasteiger partial charge < -0.3 is 9.73 Å². The molecule has 2 aromatic carbocycles. The lowest BCUT2D eigenvalue weighted by atomic mass is 10.1. The van der Waals surface area contributed by atoms with Crippen LogP contribution in [-0.2, 0) is 12.3 Å². The van der Waals surface area contributed by atoms with Crippen LogP contribution in [0.5, 0.6) is 0 Å². The number of fused-ring (bicyclic) bond motifs is 1. The molecule has 0 fully saturated rings. The summed E-state index contributed by atoms with van der Waals surface area (Å²) in [5.41, 5.74) is 3.95. The fraction of sp³-hybridized carbons (Fsp3) is 0.238. The Hall–Kier alpha value is -2.18. The zero-order chi connectivity index (χ0) is 18.6. The zero-order valence-electron chi connectivity index (χ0n) is 15.0. The minimum Gasteiger partial charge on any atom is -0.451 e. The summed E-state index contributed by atoms with van der Waals surface area (Å²) in [6.07, 6.45) is 0. The standard InChI is InChI=1S/C21H20N2O2S2/c1-14-6-2-3-7-15(14)12-23-20(24)19-17(13-27-21-22-10-11-26-21)16-8-4-5-9-18(16)25-19/h2-9H,10-13H2,1H3,(H,23,24). The smallest absolute Gasteiger partial charge is 0.287 e. The van der Waals surface area contributed by atoms with Crippen LogP contribution < -0.4 is 5.32 Å². The molecule has 1 aromatic heterocycles. The fourth-order valence-corrected chi connectivity index (χ4v) is 5.06. The lowest BCUT2D eigenvalue weighted by Gasteiger charge is -2.08. The molecule has 0 radical (unpaired) electrons. The van der Waals surface area contributed by atoms with E-state index in [0.717, 1.165) is 44.3 Å². The highest BCUT2D eigenvalue weighted by Gasteiger charge is 2.21. The van der Waals surface area contributed by atoms with Gasteiger partial charge in [-0.25, -0.2) is 0 Å². The van der Waals surface area contributed by atoms with E-state index in [-0.39, 0.29) is 5.91 Å². The Bertz CT molecular complexity index is 1010. The summed E-state index contributed by atoms with van der Waals surface area (Å²) in [6, 6.07) is 15.9. The number of carbonyl (C=O) groups excluding carboxylic acids is 1. The molecule has 0 saturated heterocycles. The minimum atomic E-state index is -0.175. The maximum Gasteiger partial charge on any atom is 0.287 e. The molecule has 0 aliphatic carbocycles. The first-order valence-electron chi connectivity index (χ1n) is 8.85. The van der Waals surface area contributed by atoms with Gasteiger partial charge in [0.05, 0.1) is 6.54 Å². The Balaban J connectivity index is 1.56. The van der Waals surface area contributed by atoms with Crippen LogP contribution >= 0.6 is 23.5 Å². The number of nitrogens with zero attached hydrogens (tertiary/aromatic N) is 1. The fourth-order valence-electron chi connectivity index (χ4n) is 3.03. The third-order valence-electron chi connectivity index (χ3n) is 4.50. The number of benzene rings is 2. The molecular weight excluding hydrogens is 376 g/mol. The van der Waals surface area contributed by atoms with Crippen molar-refractivity contribution in [2.24, 2.45) is 4.99 Å². The molecule has 0 bridgehead atoms. The van der Waals surface area contributed by atoms with E-state index < -0.39 is 0 Å².